The van der Waals surface area contributed by atoms with Gasteiger partial charge in [0.2, 0.25) is 0 Å². The van der Waals surface area contributed by atoms with Crippen LogP contribution in [0, 0.1) is 15.9 Å². The molecule has 0 aliphatic carbocycles. The maximum atomic E-state index is 13.2. The number of nitro benzene ring substituents is 1. The molecule has 18 heavy (non-hydrogen) atoms. The molecule has 2 aromatic rings. The molecule has 0 atom stereocenters. The second kappa shape index (κ2) is 5.13. The van der Waals surface area contributed by atoms with E-state index in [1.54, 1.807) is 6.07 Å². The van der Waals surface area contributed by atoms with Crippen molar-refractivity contribution in [1.29, 1.82) is 0 Å². The summed E-state index contributed by atoms with van der Waals surface area (Å²) in [6, 6.07) is 3.79. The first kappa shape index (κ1) is 12.5. The Bertz CT molecular complexity index is 574. The molecular formula is C10H7BrFN3O3. The van der Waals surface area contributed by atoms with Crippen LogP contribution < -0.4 is 5.32 Å². The zero-order valence-electron chi connectivity index (χ0n) is 8.89. The lowest BCUT2D eigenvalue weighted by atomic mass is 10.2. The number of aromatic nitrogens is 1. The van der Waals surface area contributed by atoms with E-state index < -0.39 is 10.7 Å². The predicted octanol–water partition coefficient (Wildman–Crippen LogP) is 3.10. The Morgan fingerprint density at radius 1 is 1.56 bits per heavy atom. The van der Waals surface area contributed by atoms with Crippen molar-refractivity contribution in [1.82, 2.24) is 5.16 Å². The molecule has 0 saturated carbocycles. The van der Waals surface area contributed by atoms with Crippen LogP contribution in [0.3, 0.4) is 0 Å². The van der Waals surface area contributed by atoms with Crippen molar-refractivity contribution in [2.75, 3.05) is 5.32 Å². The van der Waals surface area contributed by atoms with Gasteiger partial charge in [-0.1, -0.05) is 5.16 Å². The Labute approximate surface area is 109 Å². The summed E-state index contributed by atoms with van der Waals surface area (Å²) in [5, 5.41) is 17.1. The zero-order chi connectivity index (χ0) is 13.1. The van der Waals surface area contributed by atoms with Crippen molar-refractivity contribution in [3.05, 3.63) is 50.6 Å². The van der Waals surface area contributed by atoms with Crippen molar-refractivity contribution in [2.45, 2.75) is 6.54 Å². The highest BCUT2D eigenvalue weighted by Crippen LogP contribution is 2.30. The number of nitrogens with one attached hydrogen (secondary N) is 1. The number of anilines is 1. The van der Waals surface area contributed by atoms with Crippen LogP contribution in [0.2, 0.25) is 0 Å². The summed E-state index contributed by atoms with van der Waals surface area (Å²) in [6.07, 6.45) is 1.46. The average Bonchev–Trinajstić information content (AvgIpc) is 2.83. The van der Waals surface area contributed by atoms with E-state index in [9.17, 15) is 14.5 Å². The van der Waals surface area contributed by atoms with Gasteiger partial charge in [0.05, 0.1) is 28.2 Å². The van der Waals surface area contributed by atoms with E-state index in [-0.39, 0.29) is 22.4 Å². The molecule has 6 nitrogen and oxygen atoms in total. The van der Waals surface area contributed by atoms with Crippen LogP contribution in [0.1, 0.15) is 5.76 Å². The number of nitrogens with zero attached hydrogens (tertiary/aromatic N) is 2. The third-order valence-electron chi connectivity index (χ3n) is 2.18. The highest BCUT2D eigenvalue weighted by Gasteiger charge is 2.17. The van der Waals surface area contributed by atoms with Gasteiger partial charge in [0.1, 0.15) is 11.5 Å². The lowest BCUT2D eigenvalue weighted by Crippen LogP contribution is -2.02. The lowest BCUT2D eigenvalue weighted by molar-refractivity contribution is -0.384. The molecule has 0 unspecified atom stereocenters. The summed E-state index contributed by atoms with van der Waals surface area (Å²) in [4.78, 5) is 10.1. The van der Waals surface area contributed by atoms with E-state index in [0.717, 1.165) is 6.07 Å². The molecule has 2 rings (SSSR count). The lowest BCUT2D eigenvalue weighted by Gasteiger charge is -2.06. The fraction of sp³-hybridized carbons (Fsp3) is 0.100. The maximum Gasteiger partial charge on any atom is 0.295 e. The molecule has 0 radical (unpaired) electrons. The van der Waals surface area contributed by atoms with Gasteiger partial charge in [-0.05, 0) is 22.0 Å². The van der Waals surface area contributed by atoms with Crippen LogP contribution in [0.15, 0.2) is 33.4 Å². The average molecular weight is 316 g/mol. The first-order chi connectivity index (χ1) is 8.58. The summed E-state index contributed by atoms with van der Waals surface area (Å²) >= 11 is 2.97. The summed E-state index contributed by atoms with van der Waals surface area (Å²) in [5.41, 5.74) is -0.139. The van der Waals surface area contributed by atoms with Crippen LogP contribution in [0.4, 0.5) is 15.8 Å². The van der Waals surface area contributed by atoms with Crippen LogP contribution >= 0.6 is 15.9 Å². The Morgan fingerprint density at radius 3 is 2.94 bits per heavy atom. The normalized spacial score (nSPS) is 10.3. The SMILES string of the molecule is O=[N+]([O-])c1cc(F)c(Br)cc1NCc1ccno1. The molecule has 0 fully saturated rings. The third kappa shape index (κ3) is 2.65. The maximum absolute atomic E-state index is 13.2. The van der Waals surface area contributed by atoms with Gasteiger partial charge in [-0.15, -0.1) is 0 Å². The van der Waals surface area contributed by atoms with Gasteiger partial charge < -0.3 is 9.84 Å². The minimum absolute atomic E-state index is 0.146. The minimum atomic E-state index is -0.688. The van der Waals surface area contributed by atoms with E-state index >= 15 is 0 Å². The second-order valence-corrected chi connectivity index (χ2v) is 4.23. The van der Waals surface area contributed by atoms with Crippen molar-refractivity contribution in [3.8, 4) is 0 Å². The van der Waals surface area contributed by atoms with Gasteiger partial charge in [0, 0.05) is 6.07 Å². The number of halogens is 2. The highest BCUT2D eigenvalue weighted by atomic mass is 79.9. The van der Waals surface area contributed by atoms with Gasteiger partial charge in [-0.2, -0.15) is 0 Å². The highest BCUT2D eigenvalue weighted by molar-refractivity contribution is 9.10. The standard InChI is InChI=1S/C10H7BrFN3O3/c11-7-3-9(10(15(16)17)4-8(7)12)13-5-6-1-2-14-18-6/h1-4,13H,5H2. The molecule has 1 aromatic carbocycles. The summed E-state index contributed by atoms with van der Waals surface area (Å²) in [7, 11) is 0. The predicted molar refractivity (Wildman–Crippen MR) is 64.6 cm³/mol. The number of hydrogen-bond acceptors (Lipinski definition) is 5. The van der Waals surface area contributed by atoms with E-state index in [4.69, 9.17) is 4.52 Å². The molecule has 0 aliphatic heterocycles. The van der Waals surface area contributed by atoms with Gasteiger partial charge in [0.25, 0.3) is 5.69 Å². The van der Waals surface area contributed by atoms with Gasteiger partial charge in [-0.3, -0.25) is 10.1 Å². The number of rotatable bonds is 4. The first-order valence-electron chi connectivity index (χ1n) is 4.85. The van der Waals surface area contributed by atoms with E-state index in [2.05, 4.69) is 26.4 Å². The molecule has 1 aromatic heterocycles. The Balaban J connectivity index is 2.25. The number of nitro groups is 1. The number of hydrogen-bond donors (Lipinski definition) is 1. The largest absolute Gasteiger partial charge is 0.372 e. The molecule has 0 bridgehead atoms. The zero-order valence-corrected chi connectivity index (χ0v) is 10.5. The van der Waals surface area contributed by atoms with Crippen LogP contribution in [0.25, 0.3) is 0 Å². The molecule has 8 heteroatoms. The Kier molecular flexibility index (Phi) is 3.56. The molecule has 0 aliphatic rings. The summed E-state index contributed by atoms with van der Waals surface area (Å²) in [5.74, 6) is -0.170. The molecular weight excluding hydrogens is 309 g/mol. The molecule has 0 saturated heterocycles. The third-order valence-corrected chi connectivity index (χ3v) is 2.79. The molecule has 94 valence electrons. The fourth-order valence-electron chi connectivity index (χ4n) is 1.34. The van der Waals surface area contributed by atoms with Crippen molar-refractivity contribution >= 4 is 27.3 Å². The van der Waals surface area contributed by atoms with Crippen LogP contribution in [-0.4, -0.2) is 10.1 Å². The van der Waals surface area contributed by atoms with Gasteiger partial charge >= 0.3 is 0 Å². The second-order valence-electron chi connectivity index (χ2n) is 3.37. The van der Waals surface area contributed by atoms with E-state index in [0.29, 0.717) is 5.76 Å². The van der Waals surface area contributed by atoms with Crippen LogP contribution in [0.5, 0.6) is 0 Å². The van der Waals surface area contributed by atoms with Gasteiger partial charge in [-0.25, -0.2) is 4.39 Å². The Morgan fingerprint density at radius 2 is 2.33 bits per heavy atom. The topological polar surface area (TPSA) is 81.2 Å². The molecule has 0 amide bonds. The summed E-state index contributed by atoms with van der Waals surface area (Å²) in [6.45, 7) is 0.221. The minimum Gasteiger partial charge on any atom is -0.372 e. The van der Waals surface area contributed by atoms with Crippen molar-refractivity contribution < 1.29 is 13.8 Å². The fourth-order valence-corrected chi connectivity index (χ4v) is 1.69. The monoisotopic (exact) mass is 315 g/mol. The molecule has 1 heterocycles. The quantitative estimate of drug-likeness (QED) is 0.692. The smallest absolute Gasteiger partial charge is 0.295 e. The van der Waals surface area contributed by atoms with E-state index in [1.807, 2.05) is 0 Å². The number of benzene rings is 1. The first-order valence-corrected chi connectivity index (χ1v) is 5.64. The molecule has 1 N–H and O–H groups in total. The summed E-state index contributed by atoms with van der Waals surface area (Å²) < 4.78 is 18.2. The van der Waals surface area contributed by atoms with Crippen molar-refractivity contribution in [2.24, 2.45) is 0 Å². The Hall–Kier alpha value is -1.96. The van der Waals surface area contributed by atoms with Crippen molar-refractivity contribution in [3.63, 3.8) is 0 Å². The van der Waals surface area contributed by atoms with E-state index in [1.165, 1.54) is 12.3 Å². The van der Waals surface area contributed by atoms with Gasteiger partial charge in [0.15, 0.2) is 5.76 Å². The molecule has 0 spiro atoms. The van der Waals surface area contributed by atoms with Crippen LogP contribution in [-0.2, 0) is 6.54 Å².